The van der Waals surface area contributed by atoms with Crippen LogP contribution in [-0.4, -0.2) is 23.2 Å². The zero-order valence-corrected chi connectivity index (χ0v) is 10.0. The van der Waals surface area contributed by atoms with Gasteiger partial charge in [-0.3, -0.25) is 0 Å². The summed E-state index contributed by atoms with van der Waals surface area (Å²) < 4.78 is 0. The molecule has 0 aliphatic heterocycles. The quantitative estimate of drug-likeness (QED) is 0.643. The van der Waals surface area contributed by atoms with Crippen LogP contribution in [0.3, 0.4) is 0 Å². The van der Waals surface area contributed by atoms with Crippen molar-refractivity contribution < 1.29 is 5.11 Å². The van der Waals surface area contributed by atoms with Crippen LogP contribution in [0.15, 0.2) is 12.3 Å². The highest BCUT2D eigenvalue weighted by atomic mass is 16.3. The molecule has 0 aromatic carbocycles. The minimum atomic E-state index is 0.263. The average molecular weight is 223 g/mol. The van der Waals surface area contributed by atoms with Gasteiger partial charge in [-0.15, -0.1) is 0 Å². The number of pyridine rings is 1. The fourth-order valence-corrected chi connectivity index (χ4v) is 1.53. The molecule has 0 saturated heterocycles. The van der Waals surface area contributed by atoms with E-state index in [-0.39, 0.29) is 6.61 Å². The van der Waals surface area contributed by atoms with Gasteiger partial charge in [-0.05, 0) is 37.3 Å². The minimum absolute atomic E-state index is 0.263. The number of aliphatic hydroxyl groups is 1. The fraction of sp³-hybridized carbons (Fsp3) is 0.583. The maximum atomic E-state index is 8.88. The summed E-state index contributed by atoms with van der Waals surface area (Å²) in [6, 6.07) is 1.91. The molecule has 1 aromatic rings. The predicted octanol–water partition coefficient (Wildman–Crippen LogP) is 1.79. The van der Waals surface area contributed by atoms with Crippen molar-refractivity contribution in [2.45, 2.75) is 26.7 Å². The average Bonchev–Trinajstić information content (AvgIpc) is 2.26. The number of nitrogens with two attached hydrogens (primary N) is 1. The Morgan fingerprint density at radius 1 is 1.56 bits per heavy atom. The van der Waals surface area contributed by atoms with Crippen molar-refractivity contribution >= 4 is 11.5 Å². The van der Waals surface area contributed by atoms with Gasteiger partial charge in [0.15, 0.2) is 0 Å². The van der Waals surface area contributed by atoms with E-state index in [0.717, 1.165) is 30.8 Å². The highest BCUT2D eigenvalue weighted by Crippen LogP contribution is 2.14. The molecule has 0 saturated carbocycles. The molecule has 0 aliphatic rings. The van der Waals surface area contributed by atoms with Gasteiger partial charge < -0.3 is 16.2 Å². The number of nitrogens with zero attached hydrogens (tertiary/aromatic N) is 1. The van der Waals surface area contributed by atoms with Gasteiger partial charge in [0.05, 0.1) is 11.9 Å². The van der Waals surface area contributed by atoms with Gasteiger partial charge in [0.2, 0.25) is 0 Å². The van der Waals surface area contributed by atoms with Gasteiger partial charge in [-0.1, -0.05) is 6.92 Å². The first-order chi connectivity index (χ1) is 7.63. The molecule has 16 heavy (non-hydrogen) atoms. The van der Waals surface area contributed by atoms with Crippen LogP contribution in [0.1, 0.15) is 25.3 Å². The second-order valence-electron chi connectivity index (χ2n) is 4.29. The Morgan fingerprint density at radius 2 is 2.31 bits per heavy atom. The lowest BCUT2D eigenvalue weighted by Crippen LogP contribution is -2.08. The summed E-state index contributed by atoms with van der Waals surface area (Å²) >= 11 is 0. The van der Waals surface area contributed by atoms with Gasteiger partial charge in [-0.25, -0.2) is 4.98 Å². The van der Waals surface area contributed by atoms with E-state index < -0.39 is 0 Å². The molecule has 1 aromatic heterocycles. The van der Waals surface area contributed by atoms with E-state index in [4.69, 9.17) is 10.8 Å². The molecule has 1 unspecified atom stereocenters. The third-order valence-corrected chi connectivity index (χ3v) is 2.58. The Kier molecular flexibility index (Phi) is 5.05. The molecule has 0 bridgehead atoms. The zero-order chi connectivity index (χ0) is 12.0. The predicted molar refractivity (Wildman–Crippen MR) is 67.4 cm³/mol. The van der Waals surface area contributed by atoms with Crippen LogP contribution in [0.5, 0.6) is 0 Å². The summed E-state index contributed by atoms with van der Waals surface area (Å²) in [5.74, 6) is 1.27. The van der Waals surface area contributed by atoms with Gasteiger partial charge in [0, 0.05) is 13.2 Å². The third-order valence-electron chi connectivity index (χ3n) is 2.58. The van der Waals surface area contributed by atoms with E-state index in [1.165, 1.54) is 0 Å². The van der Waals surface area contributed by atoms with E-state index in [2.05, 4.69) is 10.3 Å². The second-order valence-corrected chi connectivity index (χ2v) is 4.29. The lowest BCUT2D eigenvalue weighted by Gasteiger charge is -2.10. The lowest BCUT2D eigenvalue weighted by atomic mass is 10.1. The minimum Gasteiger partial charge on any atom is -0.397 e. The van der Waals surface area contributed by atoms with Crippen molar-refractivity contribution in [3.8, 4) is 0 Å². The molecule has 0 radical (unpaired) electrons. The maximum Gasteiger partial charge on any atom is 0.128 e. The third kappa shape index (κ3) is 4.06. The van der Waals surface area contributed by atoms with Crippen molar-refractivity contribution in [3.05, 3.63) is 17.8 Å². The number of aryl methyl sites for hydroxylation is 1. The molecule has 1 heterocycles. The van der Waals surface area contributed by atoms with Crippen LogP contribution in [0, 0.1) is 12.8 Å². The number of hydrogen-bond donors (Lipinski definition) is 3. The largest absolute Gasteiger partial charge is 0.397 e. The molecule has 1 rings (SSSR count). The van der Waals surface area contributed by atoms with E-state index in [0.29, 0.717) is 11.6 Å². The number of rotatable bonds is 6. The van der Waals surface area contributed by atoms with Crippen LogP contribution < -0.4 is 11.1 Å². The topological polar surface area (TPSA) is 71.2 Å². The van der Waals surface area contributed by atoms with Crippen molar-refractivity contribution in [3.63, 3.8) is 0 Å². The molecule has 0 aliphatic carbocycles. The van der Waals surface area contributed by atoms with Gasteiger partial charge in [0.25, 0.3) is 0 Å². The molecule has 1 atom stereocenters. The van der Waals surface area contributed by atoms with Crippen molar-refractivity contribution in [1.29, 1.82) is 0 Å². The van der Waals surface area contributed by atoms with E-state index >= 15 is 0 Å². The normalized spacial score (nSPS) is 12.4. The Hall–Kier alpha value is -1.29. The zero-order valence-electron chi connectivity index (χ0n) is 10.0. The summed E-state index contributed by atoms with van der Waals surface area (Å²) in [4.78, 5) is 4.23. The highest BCUT2D eigenvalue weighted by molar-refractivity contribution is 5.50. The molecule has 0 amide bonds. The summed E-state index contributed by atoms with van der Waals surface area (Å²) in [5, 5.41) is 12.2. The standard InChI is InChI=1S/C12H21N3O/c1-9(8-16)4-3-5-14-12-10(2)6-11(13)7-15-12/h6-7,9,16H,3-5,8,13H2,1-2H3,(H,14,15). The maximum absolute atomic E-state index is 8.88. The Bertz CT molecular complexity index is 328. The molecule has 90 valence electrons. The number of nitrogen functional groups attached to an aromatic ring is 1. The van der Waals surface area contributed by atoms with Gasteiger partial charge in [0.1, 0.15) is 5.82 Å². The van der Waals surface area contributed by atoms with E-state index in [1.807, 2.05) is 19.9 Å². The van der Waals surface area contributed by atoms with Gasteiger partial charge >= 0.3 is 0 Å². The summed E-state index contributed by atoms with van der Waals surface area (Å²) in [6.45, 7) is 5.18. The number of aromatic nitrogens is 1. The van der Waals surface area contributed by atoms with Crippen LogP contribution in [0.4, 0.5) is 11.5 Å². The molecule has 0 fully saturated rings. The Labute approximate surface area is 96.9 Å². The number of anilines is 2. The van der Waals surface area contributed by atoms with Crippen molar-refractivity contribution in [2.75, 3.05) is 24.2 Å². The smallest absolute Gasteiger partial charge is 0.128 e. The van der Waals surface area contributed by atoms with E-state index in [1.54, 1.807) is 6.20 Å². The number of hydrogen-bond acceptors (Lipinski definition) is 4. The highest BCUT2D eigenvalue weighted by Gasteiger charge is 2.01. The molecule has 0 spiro atoms. The molecular formula is C12H21N3O. The van der Waals surface area contributed by atoms with Crippen LogP contribution in [0.2, 0.25) is 0 Å². The monoisotopic (exact) mass is 223 g/mol. The van der Waals surface area contributed by atoms with Crippen molar-refractivity contribution in [2.24, 2.45) is 5.92 Å². The molecule has 4 heteroatoms. The SMILES string of the molecule is Cc1cc(N)cnc1NCCCC(C)CO. The van der Waals surface area contributed by atoms with Crippen LogP contribution in [-0.2, 0) is 0 Å². The number of aliphatic hydroxyl groups excluding tert-OH is 1. The Balaban J connectivity index is 2.32. The fourth-order valence-electron chi connectivity index (χ4n) is 1.53. The Morgan fingerprint density at radius 3 is 2.94 bits per heavy atom. The second kappa shape index (κ2) is 6.33. The first-order valence-electron chi connectivity index (χ1n) is 5.70. The summed E-state index contributed by atoms with van der Waals surface area (Å²) in [7, 11) is 0. The molecular weight excluding hydrogens is 202 g/mol. The van der Waals surface area contributed by atoms with Crippen LogP contribution >= 0.6 is 0 Å². The van der Waals surface area contributed by atoms with Crippen molar-refractivity contribution in [1.82, 2.24) is 4.98 Å². The molecule has 4 N–H and O–H groups in total. The first-order valence-corrected chi connectivity index (χ1v) is 5.70. The summed E-state index contributed by atoms with van der Waals surface area (Å²) in [6.07, 6.45) is 3.72. The van der Waals surface area contributed by atoms with Crippen LogP contribution in [0.25, 0.3) is 0 Å². The first kappa shape index (κ1) is 12.8. The van der Waals surface area contributed by atoms with Gasteiger partial charge in [-0.2, -0.15) is 0 Å². The molecule has 4 nitrogen and oxygen atoms in total. The summed E-state index contributed by atoms with van der Waals surface area (Å²) in [5.41, 5.74) is 7.38. The van der Waals surface area contributed by atoms with E-state index in [9.17, 15) is 0 Å². The lowest BCUT2D eigenvalue weighted by molar-refractivity contribution is 0.229. The number of nitrogens with one attached hydrogen (secondary N) is 1.